The molecule has 2 atom stereocenters. The molecule has 0 aliphatic carbocycles. The van der Waals surface area contributed by atoms with Crippen molar-refractivity contribution >= 4 is 34.8 Å². The van der Waals surface area contributed by atoms with Gasteiger partial charge in [-0.05, 0) is 74.0 Å². The Hall–Kier alpha value is -3.51. The fourth-order valence-corrected chi connectivity index (χ4v) is 4.70. The van der Waals surface area contributed by atoms with Gasteiger partial charge in [-0.15, -0.1) is 0 Å². The number of carbonyl (C=O) groups is 2. The van der Waals surface area contributed by atoms with Gasteiger partial charge >= 0.3 is 0 Å². The maximum absolute atomic E-state index is 13.7. The summed E-state index contributed by atoms with van der Waals surface area (Å²) in [7, 11) is 3.18. The van der Waals surface area contributed by atoms with Crippen LogP contribution in [0, 0.1) is 0 Å². The van der Waals surface area contributed by atoms with Crippen LogP contribution in [0.3, 0.4) is 0 Å². The minimum Gasteiger partial charge on any atom is -0.497 e. The minimum atomic E-state index is -0.284. The fourth-order valence-electron chi connectivity index (χ4n) is 4.57. The molecule has 1 aliphatic heterocycles. The molecule has 3 aromatic rings. The van der Waals surface area contributed by atoms with Gasteiger partial charge in [0.05, 0.1) is 20.3 Å². The van der Waals surface area contributed by atoms with E-state index in [-0.39, 0.29) is 23.9 Å². The number of halogens is 1. The number of hydrogen-bond donors (Lipinski definition) is 0. The summed E-state index contributed by atoms with van der Waals surface area (Å²) < 4.78 is 10.8. The first-order chi connectivity index (χ1) is 16.3. The molecule has 0 aromatic heterocycles. The first-order valence-electron chi connectivity index (χ1n) is 11.0. The van der Waals surface area contributed by atoms with Gasteiger partial charge < -0.3 is 19.3 Å². The predicted octanol–water partition coefficient (Wildman–Crippen LogP) is 5.89. The Morgan fingerprint density at radius 1 is 0.971 bits per heavy atom. The minimum absolute atomic E-state index is 0.0964. The molecule has 0 bridgehead atoms. The van der Waals surface area contributed by atoms with Crippen LogP contribution in [-0.2, 0) is 4.79 Å². The Labute approximate surface area is 204 Å². The van der Waals surface area contributed by atoms with Gasteiger partial charge in [0.25, 0.3) is 5.91 Å². The molecule has 0 saturated carbocycles. The molecule has 3 aromatic carbocycles. The van der Waals surface area contributed by atoms with E-state index >= 15 is 0 Å². The normalized spacial score (nSPS) is 17.0. The summed E-state index contributed by atoms with van der Waals surface area (Å²) in [5.74, 6) is 1.05. The second-order valence-corrected chi connectivity index (χ2v) is 8.73. The Morgan fingerprint density at radius 3 is 2.29 bits per heavy atom. The predicted molar refractivity (Wildman–Crippen MR) is 134 cm³/mol. The molecule has 176 valence electrons. The van der Waals surface area contributed by atoms with Crippen molar-refractivity contribution < 1.29 is 19.1 Å². The van der Waals surface area contributed by atoms with Crippen molar-refractivity contribution in [3.8, 4) is 11.5 Å². The van der Waals surface area contributed by atoms with Crippen molar-refractivity contribution in [1.82, 2.24) is 0 Å². The number of ether oxygens (including phenoxy) is 2. The van der Waals surface area contributed by atoms with Crippen LogP contribution in [0.25, 0.3) is 0 Å². The monoisotopic (exact) mass is 478 g/mol. The first kappa shape index (κ1) is 23.6. The third-order valence-electron chi connectivity index (χ3n) is 6.15. The van der Waals surface area contributed by atoms with E-state index in [1.54, 1.807) is 61.3 Å². The Kier molecular flexibility index (Phi) is 6.80. The van der Waals surface area contributed by atoms with Gasteiger partial charge in [0.2, 0.25) is 5.91 Å². The van der Waals surface area contributed by atoms with E-state index in [0.29, 0.717) is 28.5 Å². The molecule has 1 heterocycles. The average Bonchev–Trinajstić information content (AvgIpc) is 2.84. The molecular weight excluding hydrogens is 452 g/mol. The lowest BCUT2D eigenvalue weighted by atomic mass is 9.89. The summed E-state index contributed by atoms with van der Waals surface area (Å²) >= 11 is 6.09. The van der Waals surface area contributed by atoms with Crippen LogP contribution in [0.15, 0.2) is 66.7 Å². The summed E-state index contributed by atoms with van der Waals surface area (Å²) in [4.78, 5) is 30.1. The molecule has 0 unspecified atom stereocenters. The lowest BCUT2D eigenvalue weighted by Crippen LogP contribution is -2.47. The van der Waals surface area contributed by atoms with Crippen molar-refractivity contribution in [1.29, 1.82) is 0 Å². The molecule has 34 heavy (non-hydrogen) atoms. The summed E-state index contributed by atoms with van der Waals surface area (Å²) in [6.45, 7) is 3.55. The van der Waals surface area contributed by atoms with Gasteiger partial charge in [-0.2, -0.15) is 0 Å². The lowest BCUT2D eigenvalue weighted by Gasteiger charge is -2.43. The lowest BCUT2D eigenvalue weighted by molar-refractivity contribution is -0.117. The van der Waals surface area contributed by atoms with Crippen LogP contribution in [0.2, 0.25) is 5.02 Å². The van der Waals surface area contributed by atoms with E-state index in [1.165, 1.54) is 0 Å². The Balaban J connectivity index is 1.82. The standard InChI is InChI=1S/C27H27ClN2O4/c1-17-14-26(30(18(2)31)21-10-8-20(28)9-11-21)24-16-23(34-4)12-13-25(24)29(17)27(32)19-6-5-7-22(15-19)33-3/h5-13,15-17,26H,14H2,1-4H3/t17-,26+/m0/s1. The zero-order valence-corrected chi connectivity index (χ0v) is 20.4. The fraction of sp³-hybridized carbons (Fsp3) is 0.259. The van der Waals surface area contributed by atoms with Crippen LogP contribution >= 0.6 is 11.6 Å². The number of amides is 2. The van der Waals surface area contributed by atoms with Crippen molar-refractivity contribution in [2.45, 2.75) is 32.4 Å². The van der Waals surface area contributed by atoms with Crippen LogP contribution in [0.1, 0.15) is 42.2 Å². The maximum Gasteiger partial charge on any atom is 0.258 e. The Bertz CT molecular complexity index is 1210. The van der Waals surface area contributed by atoms with Crippen LogP contribution in [0.4, 0.5) is 11.4 Å². The van der Waals surface area contributed by atoms with Crippen molar-refractivity contribution in [3.05, 3.63) is 82.9 Å². The van der Waals surface area contributed by atoms with E-state index in [0.717, 1.165) is 16.9 Å². The van der Waals surface area contributed by atoms with E-state index in [9.17, 15) is 9.59 Å². The van der Waals surface area contributed by atoms with Crippen molar-refractivity contribution in [3.63, 3.8) is 0 Å². The molecule has 0 saturated heterocycles. The van der Waals surface area contributed by atoms with Gasteiger partial charge in [-0.1, -0.05) is 17.7 Å². The van der Waals surface area contributed by atoms with E-state index < -0.39 is 0 Å². The molecule has 6 nitrogen and oxygen atoms in total. The average molecular weight is 479 g/mol. The first-order valence-corrected chi connectivity index (χ1v) is 11.4. The molecule has 1 aliphatic rings. The molecule has 0 fully saturated rings. The Morgan fingerprint density at radius 2 is 1.65 bits per heavy atom. The van der Waals surface area contributed by atoms with Gasteiger partial charge in [0.15, 0.2) is 0 Å². The molecule has 2 amide bonds. The van der Waals surface area contributed by atoms with Crippen molar-refractivity contribution in [2.24, 2.45) is 0 Å². The van der Waals surface area contributed by atoms with Gasteiger partial charge in [0.1, 0.15) is 11.5 Å². The summed E-state index contributed by atoms with van der Waals surface area (Å²) in [6.07, 6.45) is 0.554. The maximum atomic E-state index is 13.7. The zero-order valence-electron chi connectivity index (χ0n) is 19.6. The smallest absolute Gasteiger partial charge is 0.258 e. The second-order valence-electron chi connectivity index (χ2n) is 8.30. The highest BCUT2D eigenvalue weighted by Gasteiger charge is 2.38. The van der Waals surface area contributed by atoms with Crippen LogP contribution in [0.5, 0.6) is 11.5 Å². The van der Waals surface area contributed by atoms with Gasteiger partial charge in [-0.25, -0.2) is 0 Å². The number of fused-ring (bicyclic) bond motifs is 1. The zero-order chi connectivity index (χ0) is 24.4. The molecule has 7 heteroatoms. The SMILES string of the molecule is COc1cccc(C(=O)N2c3ccc(OC)cc3[C@H](N(C(C)=O)c3ccc(Cl)cc3)C[C@@H]2C)c1. The molecule has 0 radical (unpaired) electrons. The van der Waals surface area contributed by atoms with Crippen molar-refractivity contribution in [2.75, 3.05) is 24.0 Å². The van der Waals surface area contributed by atoms with Gasteiger partial charge in [-0.3, -0.25) is 9.59 Å². The van der Waals surface area contributed by atoms with Crippen LogP contribution < -0.4 is 19.3 Å². The van der Waals surface area contributed by atoms with Crippen LogP contribution in [-0.4, -0.2) is 32.1 Å². The summed E-state index contributed by atoms with van der Waals surface area (Å²) in [5, 5.41) is 0.599. The molecular formula is C27H27ClN2O4. The molecule has 0 N–H and O–H groups in total. The van der Waals surface area contributed by atoms with E-state index in [2.05, 4.69) is 0 Å². The quantitative estimate of drug-likeness (QED) is 0.458. The highest BCUT2D eigenvalue weighted by Crippen LogP contribution is 2.44. The topological polar surface area (TPSA) is 59.1 Å². The van der Waals surface area contributed by atoms with E-state index in [1.807, 2.05) is 43.3 Å². The largest absolute Gasteiger partial charge is 0.497 e. The molecule has 4 rings (SSSR count). The van der Waals surface area contributed by atoms with E-state index in [4.69, 9.17) is 21.1 Å². The second kappa shape index (κ2) is 9.77. The van der Waals surface area contributed by atoms with Gasteiger partial charge in [0, 0.05) is 40.5 Å². The highest BCUT2D eigenvalue weighted by atomic mass is 35.5. The number of methoxy groups -OCH3 is 2. The summed E-state index contributed by atoms with van der Waals surface area (Å²) in [6, 6.07) is 19.5. The number of rotatable bonds is 5. The third-order valence-corrected chi connectivity index (χ3v) is 6.40. The summed E-state index contributed by atoms with van der Waals surface area (Å²) in [5.41, 5.74) is 2.87. The highest BCUT2D eigenvalue weighted by molar-refractivity contribution is 6.30. The number of hydrogen-bond acceptors (Lipinski definition) is 4. The number of nitrogens with zero attached hydrogens (tertiary/aromatic N) is 2. The molecule has 0 spiro atoms. The number of benzene rings is 3. The number of anilines is 2. The third kappa shape index (κ3) is 4.46. The number of carbonyl (C=O) groups excluding carboxylic acids is 2.